The highest BCUT2D eigenvalue weighted by Gasteiger charge is 2.14. The summed E-state index contributed by atoms with van der Waals surface area (Å²) in [5, 5.41) is 1.59. The van der Waals surface area contributed by atoms with Gasteiger partial charge < -0.3 is 0 Å². The van der Waals surface area contributed by atoms with Crippen LogP contribution in [0, 0.1) is 12.7 Å². The predicted molar refractivity (Wildman–Crippen MR) is 84.7 cm³/mol. The minimum Gasteiger partial charge on any atom is -0.226 e. The molecule has 0 unspecified atom stereocenters. The van der Waals surface area contributed by atoms with Crippen LogP contribution in [-0.4, -0.2) is 9.97 Å². The third-order valence-electron chi connectivity index (χ3n) is 3.14. The van der Waals surface area contributed by atoms with Crippen molar-refractivity contribution in [1.29, 1.82) is 0 Å². The van der Waals surface area contributed by atoms with E-state index in [-0.39, 0.29) is 11.0 Å². The smallest absolute Gasteiger partial charge is 0.161 e. The topological polar surface area (TPSA) is 25.8 Å². The van der Waals surface area contributed by atoms with Crippen molar-refractivity contribution in [3.05, 3.63) is 56.9 Å². The maximum absolute atomic E-state index is 13.2. The first kappa shape index (κ1) is 14.5. The summed E-state index contributed by atoms with van der Waals surface area (Å²) in [6.45, 7) is 1.78. The van der Waals surface area contributed by atoms with Gasteiger partial charge in [-0.2, -0.15) is 0 Å². The standard InChI is InChI=1S/C15H8Cl3FN2/c1-7-6-8(19)2-3-9(7)15-20-13-11(17)5-4-10(16)12(13)14(18)21-15/h2-6H,1H3. The van der Waals surface area contributed by atoms with Crippen molar-refractivity contribution in [2.45, 2.75) is 6.92 Å². The number of hydrogen-bond donors (Lipinski definition) is 0. The third kappa shape index (κ3) is 2.57. The molecule has 6 heteroatoms. The lowest BCUT2D eigenvalue weighted by Crippen LogP contribution is -1.95. The average Bonchev–Trinajstić information content (AvgIpc) is 2.42. The molecule has 3 aromatic rings. The molecule has 0 N–H and O–H groups in total. The van der Waals surface area contributed by atoms with Gasteiger partial charge in [0.1, 0.15) is 11.0 Å². The third-order valence-corrected chi connectivity index (χ3v) is 4.03. The lowest BCUT2D eigenvalue weighted by Gasteiger charge is -2.09. The Kier molecular flexibility index (Phi) is 3.74. The van der Waals surface area contributed by atoms with E-state index in [0.717, 1.165) is 0 Å². The fourth-order valence-electron chi connectivity index (χ4n) is 2.12. The molecule has 106 valence electrons. The SMILES string of the molecule is Cc1cc(F)ccc1-c1nc(Cl)c2c(Cl)ccc(Cl)c2n1. The molecule has 0 radical (unpaired) electrons. The zero-order valence-electron chi connectivity index (χ0n) is 10.8. The molecule has 0 aliphatic rings. The molecule has 3 rings (SSSR count). The molecule has 21 heavy (non-hydrogen) atoms. The first-order valence-electron chi connectivity index (χ1n) is 6.05. The summed E-state index contributed by atoms with van der Waals surface area (Å²) in [6.07, 6.45) is 0. The fraction of sp³-hybridized carbons (Fsp3) is 0.0667. The number of aromatic nitrogens is 2. The minimum atomic E-state index is -0.316. The van der Waals surface area contributed by atoms with Crippen molar-refractivity contribution in [3.8, 4) is 11.4 Å². The monoisotopic (exact) mass is 340 g/mol. The Balaban J connectivity index is 2.33. The van der Waals surface area contributed by atoms with E-state index in [4.69, 9.17) is 34.8 Å². The Morgan fingerprint density at radius 3 is 2.38 bits per heavy atom. The second kappa shape index (κ2) is 5.41. The molecule has 0 amide bonds. The van der Waals surface area contributed by atoms with Gasteiger partial charge in [0.2, 0.25) is 0 Å². The highest BCUT2D eigenvalue weighted by atomic mass is 35.5. The summed E-state index contributed by atoms with van der Waals surface area (Å²) >= 11 is 18.5. The molecular weight excluding hydrogens is 334 g/mol. The van der Waals surface area contributed by atoms with Crippen LogP contribution >= 0.6 is 34.8 Å². The van der Waals surface area contributed by atoms with E-state index < -0.39 is 0 Å². The number of benzene rings is 2. The molecule has 0 fully saturated rings. The Morgan fingerprint density at radius 2 is 1.67 bits per heavy atom. The molecule has 0 bridgehead atoms. The fourth-order valence-corrected chi connectivity index (χ4v) is 2.89. The van der Waals surface area contributed by atoms with Crippen molar-refractivity contribution in [3.63, 3.8) is 0 Å². The van der Waals surface area contributed by atoms with Crippen molar-refractivity contribution in [1.82, 2.24) is 9.97 Å². The average molecular weight is 342 g/mol. The molecule has 0 spiro atoms. The molecule has 0 aliphatic carbocycles. The summed E-state index contributed by atoms with van der Waals surface area (Å²) in [6, 6.07) is 7.67. The first-order chi connectivity index (χ1) is 9.97. The van der Waals surface area contributed by atoms with Gasteiger partial charge in [0.05, 0.1) is 20.9 Å². The van der Waals surface area contributed by atoms with Gasteiger partial charge in [0, 0.05) is 5.56 Å². The van der Waals surface area contributed by atoms with Crippen molar-refractivity contribution >= 4 is 45.7 Å². The first-order valence-corrected chi connectivity index (χ1v) is 7.18. The van der Waals surface area contributed by atoms with Crippen LogP contribution in [0.25, 0.3) is 22.3 Å². The van der Waals surface area contributed by atoms with E-state index in [1.165, 1.54) is 12.1 Å². The quantitative estimate of drug-likeness (QED) is 0.530. The highest BCUT2D eigenvalue weighted by Crippen LogP contribution is 2.34. The van der Waals surface area contributed by atoms with Gasteiger partial charge >= 0.3 is 0 Å². The Hall–Kier alpha value is -1.42. The number of halogens is 4. The van der Waals surface area contributed by atoms with Gasteiger partial charge in [0.25, 0.3) is 0 Å². The van der Waals surface area contributed by atoms with Crippen LogP contribution in [-0.2, 0) is 0 Å². The number of nitrogens with zero attached hydrogens (tertiary/aromatic N) is 2. The Bertz CT molecular complexity index is 865. The van der Waals surface area contributed by atoms with E-state index in [1.807, 2.05) is 0 Å². The van der Waals surface area contributed by atoms with Gasteiger partial charge in [-0.1, -0.05) is 34.8 Å². The summed E-state index contributed by atoms with van der Waals surface area (Å²) in [5.74, 6) is 0.0679. The summed E-state index contributed by atoms with van der Waals surface area (Å²) in [4.78, 5) is 8.68. The van der Waals surface area contributed by atoms with Crippen molar-refractivity contribution < 1.29 is 4.39 Å². The Labute approximate surface area is 135 Å². The molecule has 2 aromatic carbocycles. The molecule has 0 aliphatic heterocycles. The maximum atomic E-state index is 13.2. The summed E-state index contributed by atoms with van der Waals surface area (Å²) < 4.78 is 13.2. The zero-order chi connectivity index (χ0) is 15.1. The molecule has 0 saturated carbocycles. The van der Waals surface area contributed by atoms with Gasteiger partial charge in [-0.25, -0.2) is 14.4 Å². The predicted octanol–water partition coefficient (Wildman–Crippen LogP) is 5.70. The lowest BCUT2D eigenvalue weighted by atomic mass is 10.1. The van der Waals surface area contributed by atoms with Crippen molar-refractivity contribution in [2.75, 3.05) is 0 Å². The van der Waals surface area contributed by atoms with E-state index in [9.17, 15) is 4.39 Å². The number of aryl methyl sites for hydroxylation is 1. The zero-order valence-corrected chi connectivity index (χ0v) is 13.1. The number of hydrogen-bond acceptors (Lipinski definition) is 2. The van der Waals surface area contributed by atoms with Gasteiger partial charge in [-0.05, 0) is 42.8 Å². The van der Waals surface area contributed by atoms with E-state index >= 15 is 0 Å². The normalized spacial score (nSPS) is 11.1. The molecule has 2 nitrogen and oxygen atoms in total. The van der Waals surface area contributed by atoms with E-state index in [0.29, 0.717) is 37.9 Å². The number of rotatable bonds is 1. The lowest BCUT2D eigenvalue weighted by molar-refractivity contribution is 0.627. The summed E-state index contributed by atoms with van der Waals surface area (Å²) in [5.41, 5.74) is 1.88. The van der Waals surface area contributed by atoms with Gasteiger partial charge in [-0.3, -0.25) is 0 Å². The maximum Gasteiger partial charge on any atom is 0.161 e. The van der Waals surface area contributed by atoms with Crippen LogP contribution in [0.3, 0.4) is 0 Å². The molecular formula is C15H8Cl3FN2. The minimum absolute atomic E-state index is 0.214. The second-order valence-corrected chi connectivity index (χ2v) is 5.72. The van der Waals surface area contributed by atoms with Crippen LogP contribution in [0.15, 0.2) is 30.3 Å². The van der Waals surface area contributed by atoms with E-state index in [2.05, 4.69) is 9.97 Å². The highest BCUT2D eigenvalue weighted by molar-refractivity contribution is 6.44. The van der Waals surface area contributed by atoms with Crippen LogP contribution < -0.4 is 0 Å². The van der Waals surface area contributed by atoms with Gasteiger partial charge in [0.15, 0.2) is 5.82 Å². The van der Waals surface area contributed by atoms with E-state index in [1.54, 1.807) is 25.1 Å². The second-order valence-electron chi connectivity index (χ2n) is 4.55. The Morgan fingerprint density at radius 1 is 0.952 bits per heavy atom. The molecule has 0 atom stereocenters. The molecule has 1 aromatic heterocycles. The van der Waals surface area contributed by atoms with Crippen LogP contribution in [0.1, 0.15) is 5.56 Å². The molecule has 1 heterocycles. The van der Waals surface area contributed by atoms with Gasteiger partial charge in [-0.15, -0.1) is 0 Å². The largest absolute Gasteiger partial charge is 0.226 e. The molecule has 0 saturated heterocycles. The van der Waals surface area contributed by atoms with Crippen LogP contribution in [0.4, 0.5) is 4.39 Å². The van der Waals surface area contributed by atoms with Crippen molar-refractivity contribution in [2.24, 2.45) is 0 Å². The van der Waals surface area contributed by atoms with Crippen LogP contribution in [0.5, 0.6) is 0 Å². The number of fused-ring (bicyclic) bond motifs is 1. The summed E-state index contributed by atoms with van der Waals surface area (Å²) in [7, 11) is 0. The van der Waals surface area contributed by atoms with Crippen LogP contribution in [0.2, 0.25) is 15.2 Å².